The van der Waals surface area contributed by atoms with Gasteiger partial charge in [0, 0.05) is 0 Å². The highest BCUT2D eigenvalue weighted by Crippen LogP contribution is 2.49. The average Bonchev–Trinajstić information content (AvgIpc) is 3.02. The molecule has 1 aromatic rings. The number of hydrogen-bond donors (Lipinski definition) is 0. The lowest BCUT2D eigenvalue weighted by atomic mass is 9.97. The van der Waals surface area contributed by atoms with Gasteiger partial charge in [0.15, 0.2) is 6.29 Å². The predicted molar refractivity (Wildman–Crippen MR) is 209 cm³/mol. The van der Waals surface area contributed by atoms with Gasteiger partial charge in [0.05, 0.1) is 25.7 Å². The molecule has 1 heterocycles. The van der Waals surface area contributed by atoms with Crippen molar-refractivity contribution < 1.29 is 37.3 Å². The van der Waals surface area contributed by atoms with Crippen molar-refractivity contribution in [2.45, 2.75) is 174 Å². The topological polar surface area (TPSA) is 81.7 Å². The van der Waals surface area contributed by atoms with Crippen LogP contribution in [-0.2, 0) is 39.2 Å². The Morgan fingerprint density at radius 3 is 1.62 bits per heavy atom. The SMILES string of the molecule is C=CCO[C@@H]1O[C@H](COC(=O)C(C)(C)C)[C@@H](OCc2ccc(OC)cc2)[C@H](O[Si](C(C)C)(C(C)C)C(C)C)[C@H]1O[Si](C(C)C)(C(C)C)C(C)C. The number of hydrogen-bond acceptors (Lipinski definition) is 8. The van der Waals surface area contributed by atoms with E-state index in [1.165, 1.54) is 0 Å². The number of rotatable bonds is 19. The Labute approximate surface area is 307 Å². The maximum Gasteiger partial charge on any atom is 0.311 e. The second-order valence-corrected chi connectivity index (χ2v) is 27.8. The summed E-state index contributed by atoms with van der Waals surface area (Å²) in [6.45, 7) is 37.5. The second kappa shape index (κ2) is 19.0. The molecule has 1 saturated heterocycles. The molecule has 10 heteroatoms. The normalized spacial score (nSPS) is 22.3. The molecular weight excluding hydrogens is 665 g/mol. The van der Waals surface area contributed by atoms with Crippen LogP contribution in [0.3, 0.4) is 0 Å². The van der Waals surface area contributed by atoms with Crippen molar-refractivity contribution in [2.24, 2.45) is 5.41 Å². The van der Waals surface area contributed by atoms with Crippen LogP contribution in [0.15, 0.2) is 36.9 Å². The minimum atomic E-state index is -2.54. The lowest BCUT2D eigenvalue weighted by molar-refractivity contribution is -0.302. The van der Waals surface area contributed by atoms with Gasteiger partial charge in [-0.25, -0.2) is 0 Å². The van der Waals surface area contributed by atoms with E-state index < -0.39 is 52.8 Å². The fraction of sp³-hybridized carbons (Fsp3) is 0.775. The zero-order valence-electron chi connectivity index (χ0n) is 34.3. The fourth-order valence-electron chi connectivity index (χ4n) is 8.35. The molecule has 8 nitrogen and oxygen atoms in total. The number of carbonyl (C=O) groups is 1. The summed E-state index contributed by atoms with van der Waals surface area (Å²) >= 11 is 0. The highest BCUT2D eigenvalue weighted by molar-refractivity contribution is 6.78. The van der Waals surface area contributed by atoms with Gasteiger partial charge in [0.25, 0.3) is 0 Å². The molecule has 0 amide bonds. The molecule has 1 aliphatic heterocycles. The van der Waals surface area contributed by atoms with Gasteiger partial charge in [-0.3, -0.25) is 4.79 Å². The molecule has 0 N–H and O–H groups in total. The zero-order valence-corrected chi connectivity index (χ0v) is 36.3. The van der Waals surface area contributed by atoms with Crippen LogP contribution in [0, 0.1) is 5.41 Å². The highest BCUT2D eigenvalue weighted by atomic mass is 28.4. The van der Waals surface area contributed by atoms with Gasteiger partial charge in [0.2, 0.25) is 16.6 Å². The van der Waals surface area contributed by atoms with Crippen molar-refractivity contribution in [2.75, 3.05) is 20.3 Å². The van der Waals surface area contributed by atoms with Gasteiger partial charge in [-0.1, -0.05) is 101 Å². The van der Waals surface area contributed by atoms with Crippen LogP contribution in [-0.4, -0.2) is 73.6 Å². The smallest absolute Gasteiger partial charge is 0.311 e. The molecule has 50 heavy (non-hydrogen) atoms. The second-order valence-electron chi connectivity index (χ2n) is 16.9. The molecule has 1 aromatic carbocycles. The summed E-state index contributed by atoms with van der Waals surface area (Å²) in [6, 6.07) is 7.86. The summed E-state index contributed by atoms with van der Waals surface area (Å²) in [5, 5.41) is 0. The van der Waals surface area contributed by atoms with E-state index in [2.05, 4.69) is 89.7 Å². The van der Waals surface area contributed by atoms with Crippen molar-refractivity contribution in [3.63, 3.8) is 0 Å². The standard InChI is InChI=1S/C40H72O8Si2/c1-18-23-43-38-37(48-50(29(8)9,30(10)11)31(12)13)36(47-49(26(2)3,27(4)5)28(6)7)35(34(46-38)25-45-39(41)40(14,15)16)44-24-32-19-21-33(42-17)22-20-32/h18-22,26-31,34-38H,1,23-25H2,2-17H3/t34-,35-,36+,37-,38-/m1/s1. The van der Waals surface area contributed by atoms with Crippen LogP contribution in [0.2, 0.25) is 33.2 Å². The molecule has 0 unspecified atom stereocenters. The lowest BCUT2D eigenvalue weighted by Gasteiger charge is -2.55. The molecule has 2 rings (SSSR count). The number of carbonyl (C=O) groups excluding carboxylic acids is 1. The fourth-order valence-corrected chi connectivity index (χ4v) is 19.4. The summed E-state index contributed by atoms with van der Waals surface area (Å²) in [5.41, 5.74) is 2.16. The molecule has 0 aliphatic carbocycles. The van der Waals surface area contributed by atoms with Crippen LogP contribution in [0.1, 0.15) is 109 Å². The van der Waals surface area contributed by atoms with E-state index in [0.717, 1.165) is 11.3 Å². The first-order valence-corrected chi connectivity index (χ1v) is 23.1. The maximum absolute atomic E-state index is 13.1. The first kappa shape index (κ1) is 44.6. The Kier molecular flexibility index (Phi) is 16.9. The number of ether oxygens (including phenoxy) is 5. The highest BCUT2D eigenvalue weighted by Gasteiger charge is 2.58. The third-order valence-corrected chi connectivity index (χ3v) is 22.8. The van der Waals surface area contributed by atoms with E-state index in [1.807, 2.05) is 45.0 Å². The Bertz CT molecular complexity index is 1130. The van der Waals surface area contributed by atoms with E-state index in [0.29, 0.717) is 39.9 Å². The molecule has 0 bridgehead atoms. The van der Waals surface area contributed by atoms with Gasteiger partial charge in [-0.15, -0.1) is 6.58 Å². The minimum Gasteiger partial charge on any atom is -0.497 e. The predicted octanol–water partition coefficient (Wildman–Crippen LogP) is 10.2. The first-order valence-electron chi connectivity index (χ1n) is 18.9. The number of methoxy groups -OCH3 is 1. The van der Waals surface area contributed by atoms with E-state index in [1.54, 1.807) is 13.2 Å². The van der Waals surface area contributed by atoms with Crippen molar-refractivity contribution in [3.8, 4) is 5.75 Å². The Morgan fingerprint density at radius 2 is 1.22 bits per heavy atom. The maximum atomic E-state index is 13.1. The van der Waals surface area contributed by atoms with Crippen LogP contribution < -0.4 is 4.74 Å². The van der Waals surface area contributed by atoms with Gasteiger partial charge >= 0.3 is 5.97 Å². The molecule has 0 radical (unpaired) electrons. The molecule has 0 saturated carbocycles. The summed E-state index contributed by atoms with van der Waals surface area (Å²) in [4.78, 5) is 13.1. The van der Waals surface area contributed by atoms with Crippen LogP contribution in [0.4, 0.5) is 0 Å². The van der Waals surface area contributed by atoms with Gasteiger partial charge in [-0.05, 0) is 71.7 Å². The molecule has 1 aliphatic rings. The van der Waals surface area contributed by atoms with Gasteiger partial charge < -0.3 is 32.5 Å². The number of benzene rings is 1. The molecule has 1 fully saturated rings. The lowest BCUT2D eigenvalue weighted by Crippen LogP contribution is -2.68. The van der Waals surface area contributed by atoms with E-state index >= 15 is 0 Å². The first-order chi connectivity index (χ1) is 23.2. The van der Waals surface area contributed by atoms with Crippen molar-refractivity contribution in [1.82, 2.24) is 0 Å². The van der Waals surface area contributed by atoms with E-state index in [-0.39, 0.29) is 19.2 Å². The molecule has 288 valence electrons. The third kappa shape index (κ3) is 10.3. The summed E-state index contributed by atoms with van der Waals surface area (Å²) in [7, 11) is -3.39. The monoisotopic (exact) mass is 736 g/mol. The molecule has 5 atom stereocenters. The molecule has 0 spiro atoms. The van der Waals surface area contributed by atoms with Gasteiger partial charge in [0.1, 0.15) is 36.8 Å². The minimum absolute atomic E-state index is 0.00931. The number of esters is 1. The zero-order chi connectivity index (χ0) is 38.2. The van der Waals surface area contributed by atoms with E-state index in [9.17, 15) is 4.79 Å². The van der Waals surface area contributed by atoms with Crippen molar-refractivity contribution in [1.29, 1.82) is 0 Å². The van der Waals surface area contributed by atoms with Crippen LogP contribution in [0.5, 0.6) is 5.75 Å². The van der Waals surface area contributed by atoms with Crippen molar-refractivity contribution in [3.05, 3.63) is 42.5 Å². The largest absolute Gasteiger partial charge is 0.497 e. The molecule has 0 aromatic heterocycles. The Morgan fingerprint density at radius 1 is 0.760 bits per heavy atom. The summed E-state index contributed by atoms with van der Waals surface area (Å²) < 4.78 is 47.1. The third-order valence-electron chi connectivity index (χ3n) is 10.7. The average molecular weight is 737 g/mol. The van der Waals surface area contributed by atoms with Crippen LogP contribution >= 0.6 is 0 Å². The quantitative estimate of drug-likeness (QED) is 0.0789. The summed E-state index contributed by atoms with van der Waals surface area (Å²) in [6.07, 6.45) is -1.52. The van der Waals surface area contributed by atoms with Crippen LogP contribution in [0.25, 0.3) is 0 Å². The van der Waals surface area contributed by atoms with Gasteiger partial charge in [-0.2, -0.15) is 0 Å². The Balaban J connectivity index is 2.89. The molecular formula is C40H72O8Si2. The Hall–Kier alpha value is -1.54. The van der Waals surface area contributed by atoms with E-state index in [4.69, 9.17) is 32.5 Å². The van der Waals surface area contributed by atoms with Crippen molar-refractivity contribution >= 4 is 22.6 Å². The summed E-state index contributed by atoms with van der Waals surface area (Å²) in [5.74, 6) is 0.466.